The first-order chi connectivity index (χ1) is 13.7. The maximum absolute atomic E-state index is 10.3. The Bertz CT molecular complexity index is 367. The van der Waals surface area contributed by atoms with Crippen molar-refractivity contribution in [2.24, 2.45) is 0 Å². The topological polar surface area (TPSA) is 65.4 Å². The Hall–Kier alpha value is -0.240. The van der Waals surface area contributed by atoms with E-state index >= 15 is 0 Å². The number of aliphatic hydroxyl groups excluding tert-OH is 2. The van der Waals surface area contributed by atoms with Gasteiger partial charge >= 0.3 is 0 Å². The van der Waals surface area contributed by atoms with Crippen LogP contribution < -0.4 is 0 Å². The van der Waals surface area contributed by atoms with Crippen molar-refractivity contribution in [3.8, 4) is 0 Å². The number of ether oxygens (including phenoxy) is 2. The molecule has 28 heavy (non-hydrogen) atoms. The Balaban J connectivity index is 1.23. The molecule has 1 saturated heterocycles. The summed E-state index contributed by atoms with van der Waals surface area (Å²) in [5.41, 5.74) is 0. The predicted molar refractivity (Wildman–Crippen MR) is 111 cm³/mol. The van der Waals surface area contributed by atoms with E-state index in [4.69, 9.17) is 9.47 Å². The molecular weight excluding hydrogens is 356 g/mol. The van der Waals surface area contributed by atoms with Crippen LogP contribution in [0.3, 0.4) is 0 Å². The predicted octanol–water partition coefficient (Wildman–Crippen LogP) is 2.02. The van der Waals surface area contributed by atoms with E-state index in [9.17, 15) is 10.2 Å². The maximum atomic E-state index is 10.3. The molecule has 0 aromatic carbocycles. The molecule has 6 heteroatoms. The molecule has 0 bridgehead atoms. The van der Waals surface area contributed by atoms with Crippen LogP contribution in [0, 0.1) is 0 Å². The van der Waals surface area contributed by atoms with Crippen LogP contribution in [0.15, 0.2) is 0 Å². The Kier molecular flexibility index (Phi) is 9.98. The van der Waals surface area contributed by atoms with Gasteiger partial charge in [-0.2, -0.15) is 0 Å². The molecule has 3 fully saturated rings. The molecule has 0 aromatic heterocycles. The highest BCUT2D eigenvalue weighted by Crippen LogP contribution is 2.21. The molecule has 0 aromatic rings. The maximum Gasteiger partial charge on any atom is 0.0900 e. The summed E-state index contributed by atoms with van der Waals surface area (Å²) < 4.78 is 11.8. The second-order valence-corrected chi connectivity index (χ2v) is 9.10. The molecule has 1 aliphatic heterocycles. The van der Waals surface area contributed by atoms with Crippen LogP contribution in [0.2, 0.25) is 0 Å². The minimum Gasteiger partial charge on any atom is -0.389 e. The van der Waals surface area contributed by atoms with Gasteiger partial charge in [-0.05, 0) is 25.7 Å². The van der Waals surface area contributed by atoms with Crippen molar-refractivity contribution in [2.45, 2.75) is 88.6 Å². The van der Waals surface area contributed by atoms with E-state index in [1.54, 1.807) is 0 Å². The average Bonchev–Trinajstić information content (AvgIpc) is 2.74. The molecular formula is C22H42N2O4. The SMILES string of the molecule is OC(COC1CCCCC1)CN1CCN(CC(O)COC2CCCCC2)CC1. The average molecular weight is 399 g/mol. The zero-order valence-electron chi connectivity index (χ0n) is 17.6. The fraction of sp³-hybridized carbons (Fsp3) is 1.00. The smallest absolute Gasteiger partial charge is 0.0900 e. The summed E-state index contributed by atoms with van der Waals surface area (Å²) >= 11 is 0. The van der Waals surface area contributed by atoms with E-state index in [1.807, 2.05) is 0 Å². The third kappa shape index (κ3) is 8.25. The molecule has 6 nitrogen and oxygen atoms in total. The normalized spacial score (nSPS) is 26.4. The summed E-state index contributed by atoms with van der Waals surface area (Å²) in [6, 6.07) is 0. The molecule has 2 aliphatic carbocycles. The van der Waals surface area contributed by atoms with E-state index in [2.05, 4.69) is 9.80 Å². The summed E-state index contributed by atoms with van der Waals surface area (Å²) in [5.74, 6) is 0. The van der Waals surface area contributed by atoms with Gasteiger partial charge in [0.15, 0.2) is 0 Å². The van der Waals surface area contributed by atoms with Crippen LogP contribution in [0.4, 0.5) is 0 Å². The van der Waals surface area contributed by atoms with E-state index in [1.165, 1.54) is 38.5 Å². The highest BCUT2D eigenvalue weighted by atomic mass is 16.5. The minimum atomic E-state index is -0.400. The molecule has 2 atom stereocenters. The molecule has 0 amide bonds. The molecule has 3 rings (SSSR count). The molecule has 0 radical (unpaired) electrons. The van der Waals surface area contributed by atoms with Crippen molar-refractivity contribution in [3.05, 3.63) is 0 Å². The van der Waals surface area contributed by atoms with Gasteiger partial charge in [-0.25, -0.2) is 0 Å². The van der Waals surface area contributed by atoms with Gasteiger partial charge in [-0.1, -0.05) is 38.5 Å². The second kappa shape index (κ2) is 12.5. The van der Waals surface area contributed by atoms with E-state index in [0.29, 0.717) is 38.5 Å². The lowest BCUT2D eigenvalue weighted by atomic mass is 9.98. The third-order valence-electron chi connectivity index (χ3n) is 6.56. The van der Waals surface area contributed by atoms with Crippen molar-refractivity contribution >= 4 is 0 Å². The first-order valence-corrected chi connectivity index (χ1v) is 11.7. The number of hydrogen-bond acceptors (Lipinski definition) is 6. The van der Waals surface area contributed by atoms with E-state index in [0.717, 1.165) is 51.9 Å². The molecule has 164 valence electrons. The van der Waals surface area contributed by atoms with Gasteiger partial charge in [0.1, 0.15) is 0 Å². The molecule has 0 spiro atoms. The van der Waals surface area contributed by atoms with E-state index < -0.39 is 12.2 Å². The second-order valence-electron chi connectivity index (χ2n) is 9.10. The van der Waals surface area contributed by atoms with Gasteiger partial charge in [0, 0.05) is 39.3 Å². The molecule has 3 aliphatic rings. The number of nitrogens with zero attached hydrogens (tertiary/aromatic N) is 2. The van der Waals surface area contributed by atoms with Gasteiger partial charge in [0.25, 0.3) is 0 Å². The number of rotatable bonds is 10. The Labute approximate surface area is 171 Å². The van der Waals surface area contributed by atoms with Crippen molar-refractivity contribution in [3.63, 3.8) is 0 Å². The zero-order valence-corrected chi connectivity index (χ0v) is 17.6. The monoisotopic (exact) mass is 398 g/mol. The summed E-state index contributed by atoms with van der Waals surface area (Å²) in [6.45, 7) is 6.06. The lowest BCUT2D eigenvalue weighted by Crippen LogP contribution is -2.51. The van der Waals surface area contributed by atoms with Crippen LogP contribution in [0.5, 0.6) is 0 Å². The lowest BCUT2D eigenvalue weighted by molar-refractivity contribution is -0.0459. The van der Waals surface area contributed by atoms with Crippen molar-refractivity contribution < 1.29 is 19.7 Å². The largest absolute Gasteiger partial charge is 0.389 e. The highest BCUT2D eigenvalue weighted by molar-refractivity contribution is 4.77. The fourth-order valence-corrected chi connectivity index (χ4v) is 4.81. The Morgan fingerprint density at radius 1 is 0.607 bits per heavy atom. The molecule has 1 heterocycles. The zero-order chi connectivity index (χ0) is 19.6. The fourth-order valence-electron chi connectivity index (χ4n) is 4.81. The first-order valence-electron chi connectivity index (χ1n) is 11.7. The van der Waals surface area contributed by atoms with Crippen LogP contribution in [-0.2, 0) is 9.47 Å². The van der Waals surface area contributed by atoms with Crippen LogP contribution in [0.25, 0.3) is 0 Å². The quantitative estimate of drug-likeness (QED) is 0.587. The summed E-state index contributed by atoms with van der Waals surface area (Å²) in [4.78, 5) is 4.63. The van der Waals surface area contributed by atoms with Crippen molar-refractivity contribution in [1.29, 1.82) is 0 Å². The van der Waals surface area contributed by atoms with Gasteiger partial charge in [0.2, 0.25) is 0 Å². The Morgan fingerprint density at radius 3 is 1.32 bits per heavy atom. The highest BCUT2D eigenvalue weighted by Gasteiger charge is 2.23. The van der Waals surface area contributed by atoms with Gasteiger partial charge in [0.05, 0.1) is 37.6 Å². The van der Waals surface area contributed by atoms with E-state index in [-0.39, 0.29) is 0 Å². The number of aliphatic hydroxyl groups is 2. The third-order valence-corrected chi connectivity index (χ3v) is 6.56. The first kappa shape index (κ1) is 22.4. The van der Waals surface area contributed by atoms with Gasteiger partial charge in [-0.15, -0.1) is 0 Å². The number of hydrogen-bond donors (Lipinski definition) is 2. The molecule has 2 unspecified atom stereocenters. The van der Waals surface area contributed by atoms with Crippen LogP contribution in [-0.4, -0.2) is 96.9 Å². The summed E-state index contributed by atoms with van der Waals surface area (Å²) in [7, 11) is 0. The minimum absolute atomic E-state index is 0.359. The standard InChI is InChI=1S/C22H42N2O4/c25-19(17-27-21-7-3-1-4-8-21)15-23-11-13-24(14-12-23)16-20(26)18-28-22-9-5-2-6-10-22/h19-22,25-26H,1-18H2. The molecule has 2 saturated carbocycles. The van der Waals surface area contributed by atoms with Gasteiger partial charge in [-0.3, -0.25) is 9.80 Å². The Morgan fingerprint density at radius 2 is 0.964 bits per heavy atom. The van der Waals surface area contributed by atoms with Crippen molar-refractivity contribution in [1.82, 2.24) is 9.80 Å². The number of piperazine rings is 1. The van der Waals surface area contributed by atoms with Crippen LogP contribution >= 0.6 is 0 Å². The summed E-state index contributed by atoms with van der Waals surface area (Å²) in [6.07, 6.45) is 12.2. The lowest BCUT2D eigenvalue weighted by Gasteiger charge is -2.36. The van der Waals surface area contributed by atoms with Crippen molar-refractivity contribution in [2.75, 3.05) is 52.5 Å². The van der Waals surface area contributed by atoms with Crippen LogP contribution in [0.1, 0.15) is 64.2 Å². The number of β-amino-alcohol motifs (C(OH)–C–C–N with tert-alkyl or cyclic N) is 2. The molecule has 2 N–H and O–H groups in total. The van der Waals surface area contributed by atoms with Gasteiger partial charge < -0.3 is 19.7 Å². The summed E-state index contributed by atoms with van der Waals surface area (Å²) in [5, 5.41) is 20.6.